The van der Waals surface area contributed by atoms with Gasteiger partial charge < -0.3 is 0 Å². The first-order valence-electron chi connectivity index (χ1n) is 7.51. The number of hydrogen-bond donors (Lipinski definition) is 1. The third-order valence-corrected chi connectivity index (χ3v) is 3.70. The van der Waals surface area contributed by atoms with Crippen LogP contribution < -0.4 is 0 Å². The molecular weight excluding hydrogens is 336 g/mol. The molecule has 0 saturated carbocycles. The average molecular weight is 348 g/mol. The smallest absolute Gasteiger partial charge is 0.255 e. The van der Waals surface area contributed by atoms with E-state index in [4.69, 9.17) is 6.57 Å². The van der Waals surface area contributed by atoms with Crippen molar-refractivity contribution in [2.24, 2.45) is 10.2 Å². The van der Waals surface area contributed by atoms with E-state index in [0.29, 0.717) is 22.9 Å². The second kappa shape index (κ2) is 5.81. The summed E-state index contributed by atoms with van der Waals surface area (Å²) in [5.74, 6) is 1.19. The average Bonchev–Trinajstić information content (AvgIpc) is 3.27. The van der Waals surface area contributed by atoms with Crippen LogP contribution in [-0.4, -0.2) is 44.5 Å². The predicted molar refractivity (Wildman–Crippen MR) is 88.9 cm³/mol. The van der Waals surface area contributed by atoms with Crippen LogP contribution in [0.15, 0.2) is 22.9 Å². The van der Waals surface area contributed by atoms with E-state index in [1.165, 1.54) is 17.3 Å². The summed E-state index contributed by atoms with van der Waals surface area (Å²) in [7, 11) is 0. The fourth-order valence-electron chi connectivity index (χ4n) is 2.46. The number of hydrogen-bond acceptors (Lipinski definition) is 8. The lowest BCUT2D eigenvalue weighted by molar-refractivity contribution is 0.781. The zero-order valence-electron chi connectivity index (χ0n) is 14.1. The molecule has 12 heteroatoms. The van der Waals surface area contributed by atoms with Crippen molar-refractivity contribution >= 4 is 22.8 Å². The quantitative estimate of drug-likeness (QED) is 0.446. The molecule has 0 atom stereocenters. The van der Waals surface area contributed by atoms with Crippen LogP contribution in [0.4, 0.5) is 17.2 Å². The van der Waals surface area contributed by atoms with Crippen molar-refractivity contribution in [2.75, 3.05) is 0 Å². The highest BCUT2D eigenvalue weighted by Crippen LogP contribution is 2.35. The number of aryl methyl sites for hydroxylation is 3. The van der Waals surface area contributed by atoms with E-state index in [9.17, 15) is 0 Å². The van der Waals surface area contributed by atoms with Gasteiger partial charge in [0.2, 0.25) is 5.65 Å². The Morgan fingerprint density at radius 2 is 1.88 bits per heavy atom. The van der Waals surface area contributed by atoms with Crippen LogP contribution in [0.1, 0.15) is 17.2 Å². The Bertz CT molecular complexity index is 1170. The van der Waals surface area contributed by atoms with Crippen LogP contribution in [-0.2, 0) is 0 Å². The molecule has 0 bridgehead atoms. The maximum absolute atomic E-state index is 7.42. The molecule has 0 amide bonds. The third kappa shape index (κ3) is 2.30. The minimum atomic E-state index is 0.235. The van der Waals surface area contributed by atoms with Crippen molar-refractivity contribution in [3.63, 3.8) is 0 Å². The van der Waals surface area contributed by atoms with E-state index in [1.54, 1.807) is 11.4 Å². The molecule has 0 unspecified atom stereocenters. The van der Waals surface area contributed by atoms with E-state index in [0.717, 1.165) is 5.69 Å². The largest absolute Gasteiger partial charge is 0.293 e. The molecule has 0 radical (unpaired) electrons. The number of azo groups is 1. The van der Waals surface area contributed by atoms with E-state index in [-0.39, 0.29) is 17.5 Å². The van der Waals surface area contributed by atoms with Gasteiger partial charge >= 0.3 is 0 Å². The Balaban J connectivity index is 1.87. The van der Waals surface area contributed by atoms with Gasteiger partial charge in [0.05, 0.1) is 18.0 Å². The summed E-state index contributed by atoms with van der Waals surface area (Å²) < 4.78 is 3.08. The molecule has 0 aliphatic heterocycles. The van der Waals surface area contributed by atoms with Crippen molar-refractivity contribution in [3.05, 3.63) is 41.3 Å². The van der Waals surface area contributed by atoms with Gasteiger partial charge in [-0.1, -0.05) is 0 Å². The molecule has 4 heterocycles. The minimum Gasteiger partial charge on any atom is -0.293 e. The van der Waals surface area contributed by atoms with Gasteiger partial charge in [-0.05, 0) is 20.8 Å². The Morgan fingerprint density at radius 3 is 2.62 bits per heavy atom. The van der Waals surface area contributed by atoms with Crippen LogP contribution in [0.25, 0.3) is 16.4 Å². The van der Waals surface area contributed by atoms with Crippen molar-refractivity contribution in [2.45, 2.75) is 20.8 Å². The summed E-state index contributed by atoms with van der Waals surface area (Å²) in [6.07, 6.45) is 2.69. The molecule has 0 aromatic carbocycles. The van der Waals surface area contributed by atoms with Crippen LogP contribution in [0.3, 0.4) is 0 Å². The lowest BCUT2D eigenvalue weighted by atomic mass is 10.4. The number of nitrogens with zero attached hydrogens (tertiary/aromatic N) is 11. The van der Waals surface area contributed by atoms with Crippen molar-refractivity contribution in [3.8, 4) is 5.95 Å². The van der Waals surface area contributed by atoms with E-state index < -0.39 is 0 Å². The zero-order chi connectivity index (χ0) is 18.3. The predicted octanol–water partition coefficient (Wildman–Crippen LogP) is 2.32. The summed E-state index contributed by atoms with van der Waals surface area (Å²) in [4.78, 5) is 15.4. The molecule has 1 N–H and O–H groups in total. The number of aromatic amines is 1. The number of fused-ring (bicyclic) bond motifs is 1. The Kier molecular flexibility index (Phi) is 3.47. The molecule has 0 aliphatic rings. The molecule has 0 spiro atoms. The molecule has 128 valence electrons. The van der Waals surface area contributed by atoms with Gasteiger partial charge in [-0.2, -0.15) is 19.7 Å². The molecule has 0 saturated heterocycles. The van der Waals surface area contributed by atoms with Crippen molar-refractivity contribution < 1.29 is 0 Å². The number of aromatic nitrogens is 9. The van der Waals surface area contributed by atoms with Crippen LogP contribution in [0.5, 0.6) is 0 Å². The molecule has 4 aromatic rings. The van der Waals surface area contributed by atoms with Gasteiger partial charge in [-0.15, -0.1) is 20.4 Å². The van der Waals surface area contributed by atoms with Gasteiger partial charge in [-0.25, -0.2) is 14.3 Å². The molecule has 4 aromatic heterocycles. The minimum absolute atomic E-state index is 0.235. The van der Waals surface area contributed by atoms with E-state index in [2.05, 4.69) is 50.4 Å². The van der Waals surface area contributed by atoms with Crippen LogP contribution in [0.2, 0.25) is 0 Å². The Hall–Kier alpha value is -4.01. The lowest BCUT2D eigenvalue weighted by Crippen LogP contribution is -2.02. The summed E-state index contributed by atoms with van der Waals surface area (Å²) in [6.45, 7) is 12.8. The summed E-state index contributed by atoms with van der Waals surface area (Å²) in [6, 6.07) is 0. The van der Waals surface area contributed by atoms with Crippen molar-refractivity contribution in [1.29, 1.82) is 0 Å². The Morgan fingerprint density at radius 1 is 1.12 bits per heavy atom. The van der Waals surface area contributed by atoms with E-state index >= 15 is 0 Å². The Labute approximate surface area is 146 Å². The molecule has 26 heavy (non-hydrogen) atoms. The highest BCUT2D eigenvalue weighted by molar-refractivity contribution is 5.69. The van der Waals surface area contributed by atoms with Crippen LogP contribution >= 0.6 is 0 Å². The topological polar surface area (TPSA) is 132 Å². The molecule has 0 aliphatic carbocycles. The zero-order valence-corrected chi connectivity index (χ0v) is 14.1. The van der Waals surface area contributed by atoms with Gasteiger partial charge in [0.1, 0.15) is 18.5 Å². The fourth-order valence-corrected chi connectivity index (χ4v) is 2.46. The normalized spacial score (nSPS) is 11.5. The monoisotopic (exact) mass is 348 g/mol. The molecule has 4 rings (SSSR count). The maximum atomic E-state index is 7.42. The second-order valence-electron chi connectivity index (χ2n) is 5.41. The van der Waals surface area contributed by atoms with Crippen molar-refractivity contribution in [1.82, 2.24) is 44.5 Å². The standard InChI is InChI=1S/C14H12N12/c1-7-10(15-4)12(26(24-7)14-17-5-16-6-18-14)22-20-11-8(2)23-25-9(3)19-21-13(11)25/h5-6,23H,1-3H3. The van der Waals surface area contributed by atoms with Gasteiger partial charge in [0.15, 0.2) is 11.5 Å². The number of rotatable bonds is 3. The highest BCUT2D eigenvalue weighted by atomic mass is 15.4. The molecule has 0 fully saturated rings. The first-order valence-corrected chi connectivity index (χ1v) is 7.51. The summed E-state index contributed by atoms with van der Waals surface area (Å²) in [5, 5.41) is 24.0. The summed E-state index contributed by atoms with van der Waals surface area (Å²) >= 11 is 0. The number of nitrogens with one attached hydrogen (secondary N) is 1. The highest BCUT2D eigenvalue weighted by Gasteiger charge is 2.19. The van der Waals surface area contributed by atoms with E-state index in [1.807, 2.05) is 13.8 Å². The maximum Gasteiger partial charge on any atom is 0.255 e. The first kappa shape index (κ1) is 15.5. The lowest BCUT2D eigenvalue weighted by Gasteiger charge is -2.00. The van der Waals surface area contributed by atoms with Gasteiger partial charge in [0.25, 0.3) is 11.6 Å². The fraction of sp³-hybridized carbons (Fsp3) is 0.214. The SMILES string of the molecule is [C-]#[N+]c1c(C)nn(-c2ncncn2)c1N=Nc1c(C)[nH]n2c(C)nnc12. The summed E-state index contributed by atoms with van der Waals surface area (Å²) in [5.41, 5.74) is 2.63. The third-order valence-electron chi connectivity index (χ3n) is 3.70. The molecule has 12 nitrogen and oxygen atoms in total. The van der Waals surface area contributed by atoms with Gasteiger partial charge in [0, 0.05) is 0 Å². The number of H-pyrrole nitrogens is 1. The molecular formula is C14H12N12. The second-order valence-corrected chi connectivity index (χ2v) is 5.41. The van der Waals surface area contributed by atoms with Gasteiger partial charge in [-0.3, -0.25) is 5.10 Å². The first-order chi connectivity index (χ1) is 12.6. The van der Waals surface area contributed by atoms with Crippen LogP contribution in [0, 0.1) is 27.3 Å².